The second kappa shape index (κ2) is 3.76. The molecule has 1 nitrogen and oxygen atoms in total. The van der Waals surface area contributed by atoms with Crippen molar-refractivity contribution in [3.63, 3.8) is 0 Å². The molecular weight excluding hydrogens is 213 g/mol. The lowest BCUT2D eigenvalue weighted by atomic mass is 9.88. The van der Waals surface area contributed by atoms with E-state index in [1.807, 2.05) is 6.07 Å². The van der Waals surface area contributed by atoms with Gasteiger partial charge in [-0.05, 0) is 37.0 Å². The molecule has 15 heavy (non-hydrogen) atoms. The van der Waals surface area contributed by atoms with E-state index in [1.165, 1.54) is 0 Å². The maximum atomic E-state index is 13.3. The Bertz CT molecular complexity index is 360. The summed E-state index contributed by atoms with van der Waals surface area (Å²) in [5, 5.41) is 0.182. The predicted molar refractivity (Wildman–Crippen MR) is 60.5 cm³/mol. The van der Waals surface area contributed by atoms with Gasteiger partial charge in [0.2, 0.25) is 0 Å². The second-order valence-electron chi connectivity index (χ2n) is 4.45. The molecule has 0 bridgehead atoms. The molecule has 0 atom stereocenters. The van der Waals surface area contributed by atoms with Crippen molar-refractivity contribution >= 4 is 11.6 Å². The lowest BCUT2D eigenvalue weighted by molar-refractivity contribution is 0.460. The zero-order valence-electron chi connectivity index (χ0n) is 8.82. The van der Waals surface area contributed by atoms with Crippen LogP contribution in [0.1, 0.15) is 36.8 Å². The van der Waals surface area contributed by atoms with Gasteiger partial charge >= 0.3 is 0 Å². The van der Waals surface area contributed by atoms with Gasteiger partial charge in [0.15, 0.2) is 0 Å². The lowest BCUT2D eigenvalue weighted by Gasteiger charge is -2.25. The fourth-order valence-electron chi connectivity index (χ4n) is 2.31. The van der Waals surface area contributed by atoms with E-state index in [-0.39, 0.29) is 16.4 Å². The van der Waals surface area contributed by atoms with E-state index >= 15 is 0 Å². The van der Waals surface area contributed by atoms with Crippen molar-refractivity contribution < 1.29 is 4.39 Å². The Balaban J connectivity index is 2.45. The first-order valence-electron chi connectivity index (χ1n) is 5.28. The molecule has 0 aromatic heterocycles. The predicted octanol–water partition coefficient (Wildman–Crippen LogP) is 3.52. The zero-order valence-corrected chi connectivity index (χ0v) is 9.57. The molecule has 3 heteroatoms. The van der Waals surface area contributed by atoms with Gasteiger partial charge < -0.3 is 5.73 Å². The van der Waals surface area contributed by atoms with Crippen LogP contribution < -0.4 is 5.73 Å². The van der Waals surface area contributed by atoms with Gasteiger partial charge in [-0.25, -0.2) is 4.39 Å². The third-order valence-electron chi connectivity index (χ3n) is 3.28. The Morgan fingerprint density at radius 1 is 1.33 bits per heavy atom. The number of aryl methyl sites for hydroxylation is 1. The molecule has 1 aromatic rings. The van der Waals surface area contributed by atoms with Crippen LogP contribution in [0.25, 0.3) is 0 Å². The molecule has 0 radical (unpaired) electrons. The van der Waals surface area contributed by atoms with Crippen LogP contribution in [0.4, 0.5) is 4.39 Å². The summed E-state index contributed by atoms with van der Waals surface area (Å²) in [7, 11) is 0. The number of nitrogens with two attached hydrogens (primary N) is 1. The van der Waals surface area contributed by atoms with Gasteiger partial charge in [-0.15, -0.1) is 0 Å². The van der Waals surface area contributed by atoms with Crippen LogP contribution in [0.2, 0.25) is 5.02 Å². The Morgan fingerprint density at radius 3 is 2.47 bits per heavy atom. The third kappa shape index (κ3) is 1.88. The van der Waals surface area contributed by atoms with Crippen LogP contribution in [0, 0.1) is 12.7 Å². The molecule has 82 valence electrons. The van der Waals surface area contributed by atoms with E-state index in [0.29, 0.717) is 5.56 Å². The Kier molecular flexibility index (Phi) is 2.73. The van der Waals surface area contributed by atoms with E-state index in [0.717, 1.165) is 31.2 Å². The Labute approximate surface area is 94.4 Å². The van der Waals surface area contributed by atoms with E-state index in [1.54, 1.807) is 13.0 Å². The molecule has 1 aliphatic carbocycles. The summed E-state index contributed by atoms with van der Waals surface area (Å²) in [6.45, 7) is 1.73. The maximum absolute atomic E-state index is 13.3. The van der Waals surface area contributed by atoms with Crippen molar-refractivity contribution in [2.24, 2.45) is 5.73 Å². The van der Waals surface area contributed by atoms with Crippen molar-refractivity contribution in [1.29, 1.82) is 0 Å². The highest BCUT2D eigenvalue weighted by atomic mass is 35.5. The van der Waals surface area contributed by atoms with Crippen molar-refractivity contribution in [2.75, 3.05) is 0 Å². The first-order chi connectivity index (χ1) is 7.03. The number of rotatable bonds is 1. The molecule has 1 saturated carbocycles. The molecule has 0 saturated heterocycles. The molecule has 0 spiro atoms. The SMILES string of the molecule is Cc1cc(C2(N)CCCC2)cc(Cl)c1F. The summed E-state index contributed by atoms with van der Waals surface area (Å²) in [5.74, 6) is -0.331. The van der Waals surface area contributed by atoms with Crippen LogP contribution in [-0.4, -0.2) is 0 Å². The van der Waals surface area contributed by atoms with Gasteiger partial charge in [-0.3, -0.25) is 0 Å². The fourth-order valence-corrected chi connectivity index (χ4v) is 2.58. The Morgan fingerprint density at radius 2 is 1.93 bits per heavy atom. The first-order valence-corrected chi connectivity index (χ1v) is 5.66. The van der Waals surface area contributed by atoms with Crippen molar-refractivity contribution in [3.05, 3.63) is 34.1 Å². The van der Waals surface area contributed by atoms with Crippen molar-refractivity contribution in [1.82, 2.24) is 0 Å². The van der Waals surface area contributed by atoms with Gasteiger partial charge in [0.25, 0.3) is 0 Å². The zero-order chi connectivity index (χ0) is 11.1. The molecule has 2 N–H and O–H groups in total. The van der Waals surface area contributed by atoms with Crippen LogP contribution in [0.15, 0.2) is 12.1 Å². The topological polar surface area (TPSA) is 26.0 Å². The van der Waals surface area contributed by atoms with Crippen LogP contribution >= 0.6 is 11.6 Å². The molecule has 0 amide bonds. The number of hydrogen-bond acceptors (Lipinski definition) is 1. The standard InChI is InChI=1S/C12H15ClFN/c1-8-6-9(7-10(13)11(8)14)12(15)4-2-3-5-12/h6-7H,2-5,15H2,1H3. The fraction of sp³-hybridized carbons (Fsp3) is 0.500. The highest BCUT2D eigenvalue weighted by Crippen LogP contribution is 2.38. The van der Waals surface area contributed by atoms with Crippen LogP contribution in [0.3, 0.4) is 0 Å². The van der Waals surface area contributed by atoms with Gasteiger partial charge in [-0.2, -0.15) is 0 Å². The first kappa shape index (κ1) is 10.9. The Hall–Kier alpha value is -0.600. The summed E-state index contributed by atoms with van der Waals surface area (Å²) in [5.41, 5.74) is 7.55. The minimum atomic E-state index is -0.331. The highest BCUT2D eigenvalue weighted by Gasteiger charge is 2.31. The average Bonchev–Trinajstić information content (AvgIpc) is 2.62. The molecule has 0 unspecified atom stereocenters. The molecule has 1 aromatic carbocycles. The number of hydrogen-bond donors (Lipinski definition) is 1. The molecule has 2 rings (SSSR count). The normalized spacial score (nSPS) is 19.5. The van der Waals surface area contributed by atoms with E-state index in [4.69, 9.17) is 17.3 Å². The van der Waals surface area contributed by atoms with Gasteiger partial charge in [0.05, 0.1) is 5.02 Å². The minimum absolute atomic E-state index is 0.182. The van der Waals surface area contributed by atoms with E-state index in [9.17, 15) is 4.39 Å². The van der Waals surface area contributed by atoms with Gasteiger partial charge in [0.1, 0.15) is 5.82 Å². The smallest absolute Gasteiger partial charge is 0.144 e. The summed E-state index contributed by atoms with van der Waals surface area (Å²) in [6.07, 6.45) is 4.22. The third-order valence-corrected chi connectivity index (χ3v) is 3.56. The monoisotopic (exact) mass is 227 g/mol. The maximum Gasteiger partial charge on any atom is 0.144 e. The second-order valence-corrected chi connectivity index (χ2v) is 4.86. The summed E-state index contributed by atoms with van der Waals surface area (Å²) in [4.78, 5) is 0. The summed E-state index contributed by atoms with van der Waals surface area (Å²) >= 11 is 5.83. The molecular formula is C12H15ClFN. The lowest BCUT2D eigenvalue weighted by Crippen LogP contribution is -2.33. The molecule has 0 heterocycles. The molecule has 0 aliphatic heterocycles. The highest BCUT2D eigenvalue weighted by molar-refractivity contribution is 6.30. The number of halogens is 2. The van der Waals surface area contributed by atoms with E-state index < -0.39 is 0 Å². The van der Waals surface area contributed by atoms with Gasteiger partial charge in [0, 0.05) is 5.54 Å². The van der Waals surface area contributed by atoms with Crippen molar-refractivity contribution in [2.45, 2.75) is 38.1 Å². The summed E-state index contributed by atoms with van der Waals surface area (Å²) < 4.78 is 13.3. The average molecular weight is 228 g/mol. The quantitative estimate of drug-likeness (QED) is 0.781. The largest absolute Gasteiger partial charge is 0.321 e. The van der Waals surface area contributed by atoms with Gasteiger partial charge in [-0.1, -0.05) is 30.5 Å². The molecule has 1 fully saturated rings. The van der Waals surface area contributed by atoms with Crippen molar-refractivity contribution in [3.8, 4) is 0 Å². The minimum Gasteiger partial charge on any atom is -0.321 e. The summed E-state index contributed by atoms with van der Waals surface area (Å²) in [6, 6.07) is 3.50. The number of benzene rings is 1. The molecule has 1 aliphatic rings. The van der Waals surface area contributed by atoms with Crippen LogP contribution in [0.5, 0.6) is 0 Å². The van der Waals surface area contributed by atoms with Crippen LogP contribution in [-0.2, 0) is 5.54 Å². The van der Waals surface area contributed by atoms with E-state index in [2.05, 4.69) is 0 Å².